The van der Waals surface area contributed by atoms with Crippen molar-refractivity contribution >= 4 is 17.4 Å². The van der Waals surface area contributed by atoms with Gasteiger partial charge in [0.2, 0.25) is 0 Å². The molecule has 2 N–H and O–H groups in total. The Morgan fingerprint density at radius 2 is 1.68 bits per heavy atom. The van der Waals surface area contributed by atoms with Gasteiger partial charge in [-0.2, -0.15) is 0 Å². The maximum atomic E-state index is 11.7. The summed E-state index contributed by atoms with van der Waals surface area (Å²) in [5.74, 6) is -0.553. The van der Waals surface area contributed by atoms with Crippen LogP contribution in [0.4, 0.5) is 5.69 Å². The molecule has 2 rings (SSSR count). The smallest absolute Gasteiger partial charge is 0.340 e. The normalized spacial score (nSPS) is 10.1. The van der Waals surface area contributed by atoms with Crippen molar-refractivity contribution in [2.75, 3.05) is 12.8 Å². The van der Waals surface area contributed by atoms with Crippen LogP contribution in [0.3, 0.4) is 0 Å². The number of Topliss-reactive ketones (excluding diaryl/α,β-unsaturated/α-hetero) is 1. The van der Waals surface area contributed by atoms with Crippen LogP contribution in [0, 0.1) is 0 Å². The molecule has 0 spiro atoms. The largest absolute Gasteiger partial charge is 0.486 e. The van der Waals surface area contributed by atoms with Crippen molar-refractivity contribution in [3.8, 4) is 5.75 Å². The van der Waals surface area contributed by atoms with Gasteiger partial charge < -0.3 is 15.2 Å². The van der Waals surface area contributed by atoms with E-state index in [0.717, 1.165) is 5.56 Å². The van der Waals surface area contributed by atoms with Crippen molar-refractivity contribution in [2.24, 2.45) is 0 Å². The third-order valence-corrected chi connectivity index (χ3v) is 3.21. The third-order valence-electron chi connectivity index (χ3n) is 3.21. The number of benzene rings is 2. The fourth-order valence-electron chi connectivity index (χ4n) is 2.05. The van der Waals surface area contributed by atoms with Crippen LogP contribution < -0.4 is 10.5 Å². The van der Waals surface area contributed by atoms with Gasteiger partial charge in [0, 0.05) is 0 Å². The van der Waals surface area contributed by atoms with Gasteiger partial charge in [-0.1, -0.05) is 30.3 Å². The predicted molar refractivity (Wildman–Crippen MR) is 83.0 cm³/mol. The van der Waals surface area contributed by atoms with E-state index in [4.69, 9.17) is 10.5 Å². The Hall–Kier alpha value is -2.82. The summed E-state index contributed by atoms with van der Waals surface area (Å²) in [5, 5.41) is 0. The van der Waals surface area contributed by atoms with E-state index in [1.54, 1.807) is 0 Å². The molecule has 0 aromatic heterocycles. The van der Waals surface area contributed by atoms with Gasteiger partial charge in [0.25, 0.3) is 0 Å². The van der Waals surface area contributed by atoms with Crippen molar-refractivity contribution in [2.45, 2.75) is 13.5 Å². The minimum absolute atomic E-state index is 0.107. The van der Waals surface area contributed by atoms with E-state index in [2.05, 4.69) is 4.74 Å². The summed E-state index contributed by atoms with van der Waals surface area (Å²) in [4.78, 5) is 23.4. The van der Waals surface area contributed by atoms with E-state index in [0.29, 0.717) is 5.56 Å². The Labute approximate surface area is 128 Å². The molecular weight excluding hydrogens is 282 g/mol. The van der Waals surface area contributed by atoms with Gasteiger partial charge in [-0.25, -0.2) is 4.79 Å². The van der Waals surface area contributed by atoms with Crippen LogP contribution >= 0.6 is 0 Å². The number of hydrogen-bond acceptors (Lipinski definition) is 5. The zero-order valence-corrected chi connectivity index (χ0v) is 12.5. The molecule has 0 fully saturated rings. The van der Waals surface area contributed by atoms with E-state index < -0.39 is 5.97 Å². The molecule has 0 aliphatic rings. The molecule has 0 atom stereocenters. The molecule has 22 heavy (non-hydrogen) atoms. The highest BCUT2D eigenvalue weighted by Gasteiger charge is 2.19. The number of nitrogen functional groups attached to an aromatic ring is 1. The van der Waals surface area contributed by atoms with Crippen LogP contribution in [0.15, 0.2) is 42.5 Å². The lowest BCUT2D eigenvalue weighted by atomic mass is 10.0. The van der Waals surface area contributed by atoms with E-state index >= 15 is 0 Å². The van der Waals surface area contributed by atoms with Gasteiger partial charge in [-0.3, -0.25) is 4.79 Å². The second kappa shape index (κ2) is 6.76. The van der Waals surface area contributed by atoms with E-state index in [9.17, 15) is 9.59 Å². The van der Waals surface area contributed by atoms with E-state index in [1.165, 1.54) is 26.2 Å². The summed E-state index contributed by atoms with van der Waals surface area (Å²) < 4.78 is 10.4. The fraction of sp³-hybridized carbons (Fsp3) is 0.176. The number of rotatable bonds is 5. The molecule has 2 aromatic carbocycles. The molecule has 114 valence electrons. The molecule has 0 bridgehead atoms. The summed E-state index contributed by atoms with van der Waals surface area (Å²) in [6.45, 7) is 1.66. The van der Waals surface area contributed by atoms with Crippen molar-refractivity contribution in [3.05, 3.63) is 59.2 Å². The molecule has 5 heteroatoms. The highest BCUT2D eigenvalue weighted by molar-refractivity contribution is 6.03. The number of anilines is 1. The maximum Gasteiger partial charge on any atom is 0.340 e. The lowest BCUT2D eigenvalue weighted by Gasteiger charge is -2.15. The van der Waals surface area contributed by atoms with Gasteiger partial charge >= 0.3 is 5.97 Å². The summed E-state index contributed by atoms with van der Waals surface area (Å²) in [6.07, 6.45) is 0. The highest BCUT2D eigenvalue weighted by Crippen LogP contribution is 2.31. The lowest BCUT2D eigenvalue weighted by Crippen LogP contribution is -2.11. The third kappa shape index (κ3) is 3.25. The van der Waals surface area contributed by atoms with Crippen LogP contribution in [0.25, 0.3) is 0 Å². The Morgan fingerprint density at radius 1 is 1.05 bits per heavy atom. The molecular formula is C17H17NO4. The van der Waals surface area contributed by atoms with Crippen LogP contribution in [0.2, 0.25) is 0 Å². The predicted octanol–water partition coefficient (Wildman–Crippen LogP) is 2.84. The maximum absolute atomic E-state index is 11.7. The monoisotopic (exact) mass is 299 g/mol. The van der Waals surface area contributed by atoms with Crippen molar-refractivity contribution < 1.29 is 19.1 Å². The summed E-state index contributed by atoms with van der Waals surface area (Å²) in [5.41, 5.74) is 7.53. The molecule has 0 unspecified atom stereocenters. The number of carbonyl (C=O) groups excluding carboxylic acids is 2. The number of carbonyl (C=O) groups is 2. The molecule has 2 aromatic rings. The Kier molecular flexibility index (Phi) is 4.78. The molecule has 0 heterocycles. The van der Waals surface area contributed by atoms with E-state index in [-0.39, 0.29) is 29.4 Å². The van der Waals surface area contributed by atoms with Crippen molar-refractivity contribution in [1.82, 2.24) is 0 Å². The highest BCUT2D eigenvalue weighted by atomic mass is 16.5. The summed E-state index contributed by atoms with van der Waals surface area (Å²) >= 11 is 0. The number of ketones is 1. The number of esters is 1. The first-order valence-electron chi connectivity index (χ1n) is 6.73. The van der Waals surface area contributed by atoms with Gasteiger partial charge in [0.15, 0.2) is 11.5 Å². The number of nitrogens with two attached hydrogens (primary N) is 1. The first kappa shape index (κ1) is 15.6. The Balaban J connectivity index is 2.38. The minimum Gasteiger partial charge on any atom is -0.486 e. The first-order chi connectivity index (χ1) is 10.5. The molecule has 0 amide bonds. The first-order valence-corrected chi connectivity index (χ1v) is 6.73. The molecule has 0 aliphatic heterocycles. The molecule has 0 radical (unpaired) electrons. The molecule has 0 saturated heterocycles. The van der Waals surface area contributed by atoms with Gasteiger partial charge in [-0.05, 0) is 24.6 Å². The number of hydrogen-bond donors (Lipinski definition) is 1. The lowest BCUT2D eigenvalue weighted by molar-refractivity contribution is 0.0601. The van der Waals surface area contributed by atoms with Gasteiger partial charge in [0.1, 0.15) is 6.61 Å². The van der Waals surface area contributed by atoms with Crippen molar-refractivity contribution in [1.29, 1.82) is 0 Å². The standard InChI is InChI=1S/C17H17NO4/c1-11(19)13-8-9-14(17(20)21-2)15(18)16(13)22-10-12-6-4-3-5-7-12/h3-9H,10,18H2,1-2H3. The average Bonchev–Trinajstić information content (AvgIpc) is 2.53. The summed E-state index contributed by atoms with van der Waals surface area (Å²) in [6, 6.07) is 12.5. The second-order valence-corrected chi connectivity index (χ2v) is 4.73. The number of methoxy groups -OCH3 is 1. The Morgan fingerprint density at radius 3 is 2.27 bits per heavy atom. The summed E-state index contributed by atoms with van der Waals surface area (Å²) in [7, 11) is 1.27. The zero-order chi connectivity index (χ0) is 16.1. The van der Waals surface area contributed by atoms with E-state index in [1.807, 2.05) is 30.3 Å². The average molecular weight is 299 g/mol. The SMILES string of the molecule is COC(=O)c1ccc(C(C)=O)c(OCc2ccccc2)c1N. The quantitative estimate of drug-likeness (QED) is 0.522. The van der Waals surface area contributed by atoms with Gasteiger partial charge in [0.05, 0.1) is 23.9 Å². The van der Waals surface area contributed by atoms with Crippen LogP contribution in [-0.4, -0.2) is 18.9 Å². The molecule has 0 aliphatic carbocycles. The van der Waals surface area contributed by atoms with Crippen LogP contribution in [-0.2, 0) is 11.3 Å². The van der Waals surface area contributed by atoms with Crippen molar-refractivity contribution in [3.63, 3.8) is 0 Å². The minimum atomic E-state index is -0.572. The van der Waals surface area contributed by atoms with Gasteiger partial charge in [-0.15, -0.1) is 0 Å². The van der Waals surface area contributed by atoms with Crippen LogP contribution in [0.1, 0.15) is 33.2 Å². The van der Waals surface area contributed by atoms with Crippen LogP contribution in [0.5, 0.6) is 5.75 Å². The topological polar surface area (TPSA) is 78.6 Å². The molecule has 0 saturated carbocycles. The number of ether oxygens (including phenoxy) is 2. The fourth-order valence-corrected chi connectivity index (χ4v) is 2.05. The second-order valence-electron chi connectivity index (χ2n) is 4.73. The Bertz CT molecular complexity index is 695. The molecule has 5 nitrogen and oxygen atoms in total. The zero-order valence-electron chi connectivity index (χ0n) is 12.5.